The first-order valence-corrected chi connectivity index (χ1v) is 6.70. The molecule has 0 fully saturated rings. The van der Waals surface area contributed by atoms with Crippen molar-refractivity contribution in [1.29, 1.82) is 0 Å². The number of hydrogen-bond donors (Lipinski definition) is 1. The smallest absolute Gasteiger partial charge is 0.126 e. The number of hydrogen-bond acceptors (Lipinski definition) is 3. The van der Waals surface area contributed by atoms with E-state index in [0.717, 1.165) is 22.6 Å². The van der Waals surface area contributed by atoms with E-state index in [4.69, 9.17) is 10.2 Å². The Balaban J connectivity index is 2.36. The molecule has 0 radical (unpaired) electrons. The molecule has 1 aromatic carbocycles. The molecule has 20 heavy (non-hydrogen) atoms. The summed E-state index contributed by atoms with van der Waals surface area (Å²) in [5.41, 5.74) is 9.48. The fourth-order valence-corrected chi connectivity index (χ4v) is 2.29. The highest BCUT2D eigenvalue weighted by atomic mass is 19.1. The summed E-state index contributed by atoms with van der Waals surface area (Å²) >= 11 is 0. The van der Waals surface area contributed by atoms with Crippen LogP contribution in [0.15, 0.2) is 28.9 Å². The number of rotatable bonds is 4. The summed E-state index contributed by atoms with van der Waals surface area (Å²) in [6.45, 7) is 6.27. The summed E-state index contributed by atoms with van der Waals surface area (Å²) in [6, 6.07) is 5.12. The molecule has 3 nitrogen and oxygen atoms in total. The standard InChI is InChI=1S/C16H21FN2O/c1-10-7-16(14(11(2)18)8-15(10)17)19(4)9-13-5-6-20-12(13)3/h5-8,11H,9,18H2,1-4H3/t11-/m0/s1. The van der Waals surface area contributed by atoms with Crippen molar-refractivity contribution in [2.45, 2.75) is 33.4 Å². The number of halogens is 1. The summed E-state index contributed by atoms with van der Waals surface area (Å²) < 4.78 is 19.0. The number of nitrogens with zero attached hydrogens (tertiary/aromatic N) is 1. The quantitative estimate of drug-likeness (QED) is 0.926. The van der Waals surface area contributed by atoms with Crippen LogP contribution in [0, 0.1) is 19.7 Å². The maximum absolute atomic E-state index is 13.7. The molecule has 2 N–H and O–H groups in total. The predicted octanol–water partition coefficient (Wildman–Crippen LogP) is 3.69. The van der Waals surface area contributed by atoms with Gasteiger partial charge in [0.2, 0.25) is 0 Å². The molecular formula is C16H21FN2O. The van der Waals surface area contributed by atoms with Crippen molar-refractivity contribution in [3.63, 3.8) is 0 Å². The van der Waals surface area contributed by atoms with Gasteiger partial charge in [-0.15, -0.1) is 0 Å². The van der Waals surface area contributed by atoms with Gasteiger partial charge in [-0.25, -0.2) is 4.39 Å². The zero-order chi connectivity index (χ0) is 14.9. The van der Waals surface area contributed by atoms with E-state index in [1.807, 2.05) is 33.0 Å². The Hall–Kier alpha value is -1.81. The Bertz CT molecular complexity index is 605. The van der Waals surface area contributed by atoms with E-state index in [2.05, 4.69) is 4.90 Å². The Morgan fingerprint density at radius 3 is 2.60 bits per heavy atom. The summed E-state index contributed by atoms with van der Waals surface area (Å²) in [7, 11) is 1.98. The van der Waals surface area contributed by atoms with Crippen LogP contribution in [0.2, 0.25) is 0 Å². The molecule has 0 saturated heterocycles. The van der Waals surface area contributed by atoms with E-state index in [1.54, 1.807) is 13.2 Å². The molecule has 0 bridgehead atoms. The molecule has 0 aliphatic carbocycles. The molecule has 0 saturated carbocycles. The highest BCUT2D eigenvalue weighted by Crippen LogP contribution is 2.29. The van der Waals surface area contributed by atoms with Gasteiger partial charge < -0.3 is 15.1 Å². The first-order chi connectivity index (χ1) is 9.40. The highest BCUT2D eigenvalue weighted by Gasteiger charge is 2.15. The number of benzene rings is 1. The molecule has 1 aromatic heterocycles. The van der Waals surface area contributed by atoms with Crippen LogP contribution in [0.3, 0.4) is 0 Å². The molecule has 0 aliphatic rings. The number of anilines is 1. The molecule has 4 heteroatoms. The molecule has 108 valence electrons. The molecule has 0 aliphatic heterocycles. The van der Waals surface area contributed by atoms with Gasteiger partial charge in [0.1, 0.15) is 11.6 Å². The van der Waals surface area contributed by atoms with E-state index in [1.165, 1.54) is 6.07 Å². The van der Waals surface area contributed by atoms with Crippen molar-refractivity contribution >= 4 is 5.69 Å². The van der Waals surface area contributed by atoms with Gasteiger partial charge in [0.05, 0.1) is 6.26 Å². The van der Waals surface area contributed by atoms with Crippen LogP contribution in [0.5, 0.6) is 0 Å². The largest absolute Gasteiger partial charge is 0.469 e. The molecule has 2 rings (SSSR count). The second kappa shape index (κ2) is 5.67. The zero-order valence-corrected chi connectivity index (χ0v) is 12.4. The Morgan fingerprint density at radius 2 is 2.05 bits per heavy atom. The van der Waals surface area contributed by atoms with Gasteiger partial charge in [0, 0.05) is 30.9 Å². The van der Waals surface area contributed by atoms with E-state index in [-0.39, 0.29) is 11.9 Å². The van der Waals surface area contributed by atoms with E-state index in [9.17, 15) is 4.39 Å². The van der Waals surface area contributed by atoms with Gasteiger partial charge in [-0.1, -0.05) is 0 Å². The fourth-order valence-electron chi connectivity index (χ4n) is 2.29. The van der Waals surface area contributed by atoms with Gasteiger partial charge in [-0.2, -0.15) is 0 Å². The molecule has 1 heterocycles. The average molecular weight is 276 g/mol. The average Bonchev–Trinajstić information content (AvgIpc) is 2.77. The van der Waals surface area contributed by atoms with Gasteiger partial charge in [0.15, 0.2) is 0 Å². The molecule has 2 aromatic rings. The van der Waals surface area contributed by atoms with Gasteiger partial charge in [-0.3, -0.25) is 0 Å². The van der Waals surface area contributed by atoms with Crippen molar-refractivity contribution in [3.05, 3.63) is 52.7 Å². The summed E-state index contributed by atoms with van der Waals surface area (Å²) in [6.07, 6.45) is 1.68. The van der Waals surface area contributed by atoms with Crippen molar-refractivity contribution in [2.24, 2.45) is 5.73 Å². The third kappa shape index (κ3) is 2.85. The second-order valence-corrected chi connectivity index (χ2v) is 5.31. The molecule has 0 unspecified atom stereocenters. The third-order valence-electron chi connectivity index (χ3n) is 3.58. The van der Waals surface area contributed by atoms with Crippen LogP contribution < -0.4 is 10.6 Å². The summed E-state index contributed by atoms with van der Waals surface area (Å²) in [5, 5.41) is 0. The van der Waals surface area contributed by atoms with Crippen molar-refractivity contribution in [1.82, 2.24) is 0 Å². The summed E-state index contributed by atoms with van der Waals surface area (Å²) in [5.74, 6) is 0.687. The molecular weight excluding hydrogens is 255 g/mol. The van der Waals surface area contributed by atoms with Crippen LogP contribution in [0.4, 0.5) is 10.1 Å². The monoisotopic (exact) mass is 276 g/mol. The lowest BCUT2D eigenvalue weighted by molar-refractivity contribution is 0.529. The van der Waals surface area contributed by atoms with Crippen LogP contribution >= 0.6 is 0 Å². The Kier molecular flexibility index (Phi) is 4.14. The van der Waals surface area contributed by atoms with Crippen molar-refractivity contribution in [2.75, 3.05) is 11.9 Å². The first-order valence-electron chi connectivity index (χ1n) is 6.70. The topological polar surface area (TPSA) is 42.4 Å². The number of aryl methyl sites for hydroxylation is 2. The Labute approximate surface area is 119 Å². The summed E-state index contributed by atoms with van der Waals surface area (Å²) in [4.78, 5) is 2.07. The van der Waals surface area contributed by atoms with Crippen LogP contribution in [0.1, 0.15) is 35.4 Å². The minimum absolute atomic E-state index is 0.214. The predicted molar refractivity (Wildman–Crippen MR) is 79.3 cm³/mol. The van der Waals surface area contributed by atoms with Crippen LogP contribution in [0.25, 0.3) is 0 Å². The lowest BCUT2D eigenvalue weighted by Crippen LogP contribution is -2.21. The van der Waals surface area contributed by atoms with E-state index < -0.39 is 0 Å². The van der Waals surface area contributed by atoms with Crippen LogP contribution in [-0.2, 0) is 6.54 Å². The molecule has 1 atom stereocenters. The molecule has 0 spiro atoms. The van der Waals surface area contributed by atoms with E-state index in [0.29, 0.717) is 12.1 Å². The van der Waals surface area contributed by atoms with Crippen molar-refractivity contribution < 1.29 is 8.81 Å². The second-order valence-electron chi connectivity index (χ2n) is 5.31. The molecule has 0 amide bonds. The SMILES string of the molecule is Cc1cc(N(C)Cc2ccoc2C)c([C@H](C)N)cc1F. The maximum Gasteiger partial charge on any atom is 0.126 e. The fraction of sp³-hybridized carbons (Fsp3) is 0.375. The van der Waals surface area contributed by atoms with E-state index >= 15 is 0 Å². The minimum atomic E-state index is -0.215. The van der Waals surface area contributed by atoms with Crippen LogP contribution in [-0.4, -0.2) is 7.05 Å². The minimum Gasteiger partial charge on any atom is -0.469 e. The van der Waals surface area contributed by atoms with Gasteiger partial charge in [0.25, 0.3) is 0 Å². The zero-order valence-electron chi connectivity index (χ0n) is 12.4. The lowest BCUT2D eigenvalue weighted by Gasteiger charge is -2.24. The first kappa shape index (κ1) is 14.6. The maximum atomic E-state index is 13.7. The number of furan rings is 1. The normalized spacial score (nSPS) is 12.5. The Morgan fingerprint density at radius 1 is 1.35 bits per heavy atom. The van der Waals surface area contributed by atoms with Gasteiger partial charge >= 0.3 is 0 Å². The highest BCUT2D eigenvalue weighted by molar-refractivity contribution is 5.57. The number of nitrogens with two attached hydrogens (primary N) is 1. The third-order valence-corrected chi connectivity index (χ3v) is 3.58. The van der Waals surface area contributed by atoms with Crippen molar-refractivity contribution in [3.8, 4) is 0 Å². The van der Waals surface area contributed by atoms with Gasteiger partial charge in [-0.05, 0) is 50.1 Å². The lowest BCUT2D eigenvalue weighted by atomic mass is 10.0.